The summed E-state index contributed by atoms with van der Waals surface area (Å²) in [5.74, 6) is 1.63. The van der Waals surface area contributed by atoms with Crippen molar-refractivity contribution in [3.63, 3.8) is 0 Å². The van der Waals surface area contributed by atoms with E-state index in [1.807, 2.05) is 67.1 Å². The van der Waals surface area contributed by atoms with Crippen LogP contribution in [0.25, 0.3) is 0 Å². The summed E-state index contributed by atoms with van der Waals surface area (Å²) in [7, 11) is 0. The predicted molar refractivity (Wildman–Crippen MR) is 102 cm³/mol. The lowest BCUT2D eigenvalue weighted by molar-refractivity contribution is -0.202. The average Bonchev–Trinajstić information content (AvgIpc) is 3.21. The number of hydrogen-bond donors (Lipinski definition) is 0. The molecular formula is C22H24N2O3. The van der Waals surface area contributed by atoms with Crippen LogP contribution in [0.3, 0.4) is 0 Å². The van der Waals surface area contributed by atoms with Gasteiger partial charge >= 0.3 is 0 Å². The molecule has 0 unspecified atom stereocenters. The van der Waals surface area contributed by atoms with Gasteiger partial charge in [0.05, 0.1) is 19.0 Å². The van der Waals surface area contributed by atoms with Gasteiger partial charge in [-0.25, -0.2) is 4.98 Å². The number of nitrogens with zero attached hydrogens (tertiary/aromatic N) is 2. The second-order valence-corrected chi connectivity index (χ2v) is 6.71. The van der Waals surface area contributed by atoms with E-state index >= 15 is 0 Å². The van der Waals surface area contributed by atoms with Crippen LogP contribution in [0.15, 0.2) is 73.3 Å². The molecule has 0 spiro atoms. The van der Waals surface area contributed by atoms with Crippen LogP contribution in [-0.4, -0.2) is 21.9 Å². The zero-order valence-electron chi connectivity index (χ0n) is 15.2. The normalized spacial score (nSPS) is 19.7. The molecule has 0 N–H and O–H groups in total. The van der Waals surface area contributed by atoms with E-state index in [4.69, 9.17) is 14.2 Å². The molecule has 1 fully saturated rings. The highest BCUT2D eigenvalue weighted by atomic mass is 16.7. The summed E-state index contributed by atoms with van der Waals surface area (Å²) in [6.45, 7) is 1.28. The third-order valence-corrected chi connectivity index (χ3v) is 4.65. The van der Waals surface area contributed by atoms with Crippen molar-refractivity contribution in [1.29, 1.82) is 0 Å². The maximum Gasteiger partial charge on any atom is 0.158 e. The number of rotatable bonds is 7. The summed E-state index contributed by atoms with van der Waals surface area (Å²) in [5.41, 5.74) is 1.02. The van der Waals surface area contributed by atoms with Gasteiger partial charge in [0, 0.05) is 24.5 Å². The fourth-order valence-corrected chi connectivity index (χ4v) is 3.27. The molecule has 140 valence electrons. The van der Waals surface area contributed by atoms with E-state index in [1.54, 1.807) is 6.20 Å². The molecule has 0 aliphatic carbocycles. The molecule has 2 aromatic carbocycles. The van der Waals surface area contributed by atoms with Crippen molar-refractivity contribution in [2.24, 2.45) is 0 Å². The van der Waals surface area contributed by atoms with Crippen LogP contribution in [0, 0.1) is 0 Å². The number of ether oxygens (including phenoxy) is 3. The largest absolute Gasteiger partial charge is 0.457 e. The van der Waals surface area contributed by atoms with E-state index in [2.05, 4.69) is 9.55 Å². The average molecular weight is 364 g/mol. The zero-order valence-corrected chi connectivity index (χ0v) is 15.2. The van der Waals surface area contributed by atoms with E-state index < -0.39 is 0 Å². The Morgan fingerprint density at radius 3 is 2.74 bits per heavy atom. The summed E-state index contributed by atoms with van der Waals surface area (Å²) in [6, 6.07) is 17.8. The van der Waals surface area contributed by atoms with Gasteiger partial charge in [0.2, 0.25) is 0 Å². The van der Waals surface area contributed by atoms with Crippen molar-refractivity contribution in [2.45, 2.75) is 44.8 Å². The maximum absolute atomic E-state index is 6.13. The molecule has 4 rings (SSSR count). The Labute approximate surface area is 159 Å². The summed E-state index contributed by atoms with van der Waals surface area (Å²) in [4.78, 5) is 4.09. The molecule has 5 heteroatoms. The minimum absolute atomic E-state index is 0.161. The molecule has 27 heavy (non-hydrogen) atoms. The standard InChI is InChI=1S/C22H24N2O3/c1-2-8-19(9-3-1)26-21-11-5-4-7-18(21)16-25-22-12-6-10-20(27-22)15-24-14-13-23-17-24/h1-5,7-9,11,13-14,17,20,22H,6,10,12,15-16H2/t20-,22-/m1/s1. The van der Waals surface area contributed by atoms with Crippen LogP contribution in [0.5, 0.6) is 11.5 Å². The molecule has 2 heterocycles. The Bertz CT molecular complexity index is 821. The van der Waals surface area contributed by atoms with Gasteiger partial charge in [-0.1, -0.05) is 36.4 Å². The first-order chi connectivity index (χ1) is 13.4. The number of aromatic nitrogens is 2. The second-order valence-electron chi connectivity index (χ2n) is 6.71. The van der Waals surface area contributed by atoms with Crippen LogP contribution >= 0.6 is 0 Å². The van der Waals surface area contributed by atoms with Gasteiger partial charge in [0.15, 0.2) is 6.29 Å². The van der Waals surface area contributed by atoms with Crippen molar-refractivity contribution in [3.05, 3.63) is 78.9 Å². The molecule has 2 atom stereocenters. The third-order valence-electron chi connectivity index (χ3n) is 4.65. The van der Waals surface area contributed by atoms with Crippen LogP contribution in [0.1, 0.15) is 24.8 Å². The number of imidazole rings is 1. The van der Waals surface area contributed by atoms with Crippen LogP contribution in [-0.2, 0) is 22.6 Å². The van der Waals surface area contributed by atoms with Crippen molar-refractivity contribution in [3.8, 4) is 11.5 Å². The Hall–Kier alpha value is -2.63. The smallest absolute Gasteiger partial charge is 0.158 e. The van der Waals surface area contributed by atoms with Gasteiger partial charge in [-0.15, -0.1) is 0 Å². The molecule has 1 aromatic heterocycles. The first-order valence-corrected chi connectivity index (χ1v) is 9.40. The summed E-state index contributed by atoms with van der Waals surface area (Å²) in [5, 5.41) is 0. The first kappa shape index (κ1) is 17.8. The van der Waals surface area contributed by atoms with Crippen molar-refractivity contribution in [1.82, 2.24) is 9.55 Å². The highest BCUT2D eigenvalue weighted by Gasteiger charge is 2.23. The SMILES string of the molecule is c1ccc(Oc2ccccc2CO[C@H]2CCC[C@H](Cn3ccnc3)O2)cc1. The Morgan fingerprint density at radius 1 is 1.04 bits per heavy atom. The molecule has 0 amide bonds. The number of benzene rings is 2. The van der Waals surface area contributed by atoms with E-state index in [1.165, 1.54) is 0 Å². The van der Waals surface area contributed by atoms with Gasteiger partial charge in [-0.3, -0.25) is 0 Å². The Morgan fingerprint density at radius 2 is 1.89 bits per heavy atom. The van der Waals surface area contributed by atoms with Gasteiger partial charge in [0.1, 0.15) is 11.5 Å². The molecular weight excluding hydrogens is 340 g/mol. The summed E-state index contributed by atoms with van der Waals surface area (Å²) in [6.07, 6.45) is 8.63. The van der Waals surface area contributed by atoms with Crippen molar-refractivity contribution >= 4 is 0 Å². The molecule has 0 saturated carbocycles. The Kier molecular flexibility index (Phi) is 5.82. The van der Waals surface area contributed by atoms with Gasteiger partial charge in [-0.05, 0) is 37.5 Å². The minimum Gasteiger partial charge on any atom is -0.457 e. The lowest BCUT2D eigenvalue weighted by atomic mass is 10.1. The van der Waals surface area contributed by atoms with E-state index in [0.29, 0.717) is 6.61 Å². The monoisotopic (exact) mass is 364 g/mol. The third kappa shape index (κ3) is 4.96. The number of para-hydroxylation sites is 2. The van der Waals surface area contributed by atoms with Crippen LogP contribution in [0.2, 0.25) is 0 Å². The van der Waals surface area contributed by atoms with E-state index in [9.17, 15) is 0 Å². The zero-order chi connectivity index (χ0) is 18.3. The maximum atomic E-state index is 6.13. The number of hydrogen-bond acceptors (Lipinski definition) is 4. The van der Waals surface area contributed by atoms with E-state index in [-0.39, 0.29) is 12.4 Å². The second kappa shape index (κ2) is 8.84. The fraction of sp³-hybridized carbons (Fsp3) is 0.318. The quantitative estimate of drug-likeness (QED) is 0.605. The van der Waals surface area contributed by atoms with E-state index in [0.717, 1.165) is 42.9 Å². The fourth-order valence-electron chi connectivity index (χ4n) is 3.27. The molecule has 1 aliphatic rings. The van der Waals surface area contributed by atoms with Gasteiger partial charge in [-0.2, -0.15) is 0 Å². The molecule has 5 nitrogen and oxygen atoms in total. The molecule has 3 aromatic rings. The topological polar surface area (TPSA) is 45.5 Å². The predicted octanol–water partition coefficient (Wildman–Crippen LogP) is 4.79. The first-order valence-electron chi connectivity index (χ1n) is 9.40. The highest BCUT2D eigenvalue weighted by Crippen LogP contribution is 2.27. The lowest BCUT2D eigenvalue weighted by Crippen LogP contribution is -2.32. The summed E-state index contributed by atoms with van der Waals surface area (Å²) >= 11 is 0. The minimum atomic E-state index is -0.183. The molecule has 0 bridgehead atoms. The molecule has 0 radical (unpaired) electrons. The lowest BCUT2D eigenvalue weighted by Gasteiger charge is -2.30. The summed E-state index contributed by atoms with van der Waals surface area (Å²) < 4.78 is 20.3. The van der Waals surface area contributed by atoms with Gasteiger partial charge in [0.25, 0.3) is 0 Å². The van der Waals surface area contributed by atoms with Crippen LogP contribution in [0.4, 0.5) is 0 Å². The van der Waals surface area contributed by atoms with Crippen molar-refractivity contribution < 1.29 is 14.2 Å². The highest BCUT2D eigenvalue weighted by molar-refractivity contribution is 5.37. The van der Waals surface area contributed by atoms with Crippen LogP contribution < -0.4 is 4.74 Å². The van der Waals surface area contributed by atoms with Gasteiger partial charge < -0.3 is 18.8 Å². The van der Waals surface area contributed by atoms with Crippen molar-refractivity contribution in [2.75, 3.05) is 0 Å². The Balaban J connectivity index is 1.34. The molecule has 1 saturated heterocycles. The molecule has 1 aliphatic heterocycles.